The normalized spacial score (nSPS) is 29.3. The highest BCUT2D eigenvalue weighted by Gasteiger charge is 2.43. The van der Waals surface area contributed by atoms with Crippen molar-refractivity contribution in [3.63, 3.8) is 0 Å². The van der Waals surface area contributed by atoms with Crippen molar-refractivity contribution >= 4 is 25.3 Å². The van der Waals surface area contributed by atoms with Crippen LogP contribution in [0.25, 0.3) is 0 Å². The lowest BCUT2D eigenvalue weighted by Gasteiger charge is -2.38. The highest BCUT2D eigenvalue weighted by atomic mass is 32.2. The van der Waals surface area contributed by atoms with Gasteiger partial charge in [0.05, 0.1) is 38.7 Å². The Bertz CT molecular complexity index is 591. The summed E-state index contributed by atoms with van der Waals surface area (Å²) in [5.74, 6) is -0.158. The van der Waals surface area contributed by atoms with Crippen molar-refractivity contribution < 1.29 is 30.8 Å². The van der Waals surface area contributed by atoms with Crippen LogP contribution in [0.2, 0.25) is 6.04 Å². The van der Waals surface area contributed by atoms with Crippen LogP contribution >= 0.6 is 0 Å². The Hall–Kier alpha value is -0.563. The van der Waals surface area contributed by atoms with Gasteiger partial charge in [-0.2, -0.15) is 8.42 Å². The first-order chi connectivity index (χ1) is 12.9. The van der Waals surface area contributed by atoms with E-state index in [-0.39, 0.29) is 5.75 Å². The van der Waals surface area contributed by atoms with E-state index in [0.29, 0.717) is 26.2 Å². The summed E-state index contributed by atoms with van der Waals surface area (Å²) in [5.41, 5.74) is 0. The third-order valence-corrected chi connectivity index (χ3v) is 8.92. The van der Waals surface area contributed by atoms with Gasteiger partial charge in [0.2, 0.25) is 6.34 Å². The molecule has 4 rings (SSSR count). The lowest BCUT2D eigenvalue weighted by molar-refractivity contribution is -0.513. The molecule has 4 heterocycles. The molecule has 0 aromatic rings. The molecule has 0 atom stereocenters. The van der Waals surface area contributed by atoms with Gasteiger partial charge in [0.25, 0.3) is 10.1 Å². The Morgan fingerprint density at radius 1 is 1.00 bits per heavy atom. The molecule has 0 unspecified atom stereocenters. The maximum Gasteiger partial charge on any atom is 0.501 e. The average Bonchev–Trinajstić information content (AvgIpc) is 2.99. The molecule has 0 aliphatic carbocycles. The monoisotopic (exact) mass is 422 g/mol. The van der Waals surface area contributed by atoms with E-state index in [4.69, 9.17) is 17.8 Å². The molecule has 4 aliphatic rings. The van der Waals surface area contributed by atoms with Gasteiger partial charge in [0, 0.05) is 25.7 Å². The van der Waals surface area contributed by atoms with E-state index in [9.17, 15) is 8.42 Å². The third-order valence-electron chi connectivity index (χ3n) is 5.22. The second-order valence-corrected chi connectivity index (χ2v) is 11.7. The summed E-state index contributed by atoms with van der Waals surface area (Å²) in [6.45, 7) is 8.67. The minimum absolute atomic E-state index is 0.158. The predicted molar refractivity (Wildman–Crippen MR) is 103 cm³/mol. The molecule has 27 heavy (non-hydrogen) atoms. The molecular weight excluding hydrogens is 390 g/mol. The highest BCUT2D eigenvalue weighted by molar-refractivity contribution is 7.85. The molecule has 4 aliphatic heterocycles. The quantitative estimate of drug-likeness (QED) is 0.235. The number of unbranched alkanes of at least 4 members (excludes halogenated alkanes) is 1. The van der Waals surface area contributed by atoms with Crippen LogP contribution in [-0.4, -0.2) is 114 Å². The molecular formula is C16H32N3O6SSi+. The van der Waals surface area contributed by atoms with E-state index in [2.05, 4.69) is 20.7 Å². The third kappa shape index (κ3) is 7.08. The first-order valence-electron chi connectivity index (χ1n) is 9.87. The first kappa shape index (κ1) is 21.2. The largest absolute Gasteiger partial charge is 0.501 e. The Balaban J connectivity index is 1.38. The molecule has 9 nitrogen and oxygen atoms in total. The van der Waals surface area contributed by atoms with Gasteiger partial charge in [-0.3, -0.25) is 18.9 Å². The zero-order chi connectivity index (χ0) is 19.2. The van der Waals surface area contributed by atoms with Crippen molar-refractivity contribution in [3.8, 4) is 0 Å². The van der Waals surface area contributed by atoms with Crippen LogP contribution in [0.4, 0.5) is 0 Å². The van der Waals surface area contributed by atoms with E-state index < -0.39 is 18.9 Å². The molecule has 0 amide bonds. The van der Waals surface area contributed by atoms with Gasteiger partial charge in [-0.15, -0.1) is 0 Å². The van der Waals surface area contributed by atoms with Gasteiger partial charge in [-0.05, 0) is 19.3 Å². The number of hydrogen-bond acceptors (Lipinski definition) is 7. The van der Waals surface area contributed by atoms with Crippen molar-refractivity contribution in [1.82, 2.24) is 9.80 Å². The molecule has 2 bridgehead atoms. The maximum atomic E-state index is 10.7. The van der Waals surface area contributed by atoms with Crippen LogP contribution < -0.4 is 0 Å². The fourth-order valence-electron chi connectivity index (χ4n) is 3.71. The summed E-state index contributed by atoms with van der Waals surface area (Å²) in [7, 11) is -6.36. The van der Waals surface area contributed by atoms with Crippen LogP contribution in [0, 0.1) is 0 Å². The van der Waals surface area contributed by atoms with Crippen molar-refractivity contribution in [2.24, 2.45) is 0 Å². The second-order valence-electron chi connectivity index (χ2n) is 7.35. The van der Waals surface area contributed by atoms with E-state index in [0.717, 1.165) is 64.7 Å². The minimum atomic E-state index is -3.84. The molecule has 0 saturated carbocycles. The Labute approximate surface area is 163 Å². The highest BCUT2D eigenvalue weighted by Crippen LogP contribution is 2.22. The average molecular weight is 423 g/mol. The zero-order valence-electron chi connectivity index (χ0n) is 15.9. The predicted octanol–water partition coefficient (Wildman–Crippen LogP) is -0.281. The van der Waals surface area contributed by atoms with Gasteiger partial charge < -0.3 is 13.3 Å². The lowest BCUT2D eigenvalue weighted by Crippen LogP contribution is -2.55. The fourth-order valence-corrected chi connectivity index (χ4v) is 6.76. The van der Waals surface area contributed by atoms with Crippen LogP contribution in [0.1, 0.15) is 19.3 Å². The van der Waals surface area contributed by atoms with Gasteiger partial charge in [0.1, 0.15) is 13.1 Å². The van der Waals surface area contributed by atoms with E-state index in [1.165, 1.54) is 0 Å². The lowest BCUT2D eigenvalue weighted by atomic mass is 10.3. The van der Waals surface area contributed by atoms with Crippen molar-refractivity contribution in [2.45, 2.75) is 25.3 Å². The Morgan fingerprint density at radius 2 is 1.67 bits per heavy atom. The van der Waals surface area contributed by atoms with Crippen LogP contribution in [0.15, 0.2) is 0 Å². The topological polar surface area (TPSA) is 91.6 Å². The Kier molecular flexibility index (Phi) is 7.65. The summed E-state index contributed by atoms with van der Waals surface area (Å²) in [6.07, 6.45) is 4.35. The summed E-state index contributed by atoms with van der Waals surface area (Å²) >= 11 is 0. The molecule has 3 saturated heterocycles. The second kappa shape index (κ2) is 9.77. The van der Waals surface area contributed by atoms with Crippen molar-refractivity contribution in [1.29, 1.82) is 0 Å². The van der Waals surface area contributed by atoms with Crippen molar-refractivity contribution in [3.05, 3.63) is 0 Å². The zero-order valence-corrected chi connectivity index (χ0v) is 17.7. The first-order valence-corrected chi connectivity index (χ1v) is 13.4. The van der Waals surface area contributed by atoms with Gasteiger partial charge in [-0.25, -0.2) is 0 Å². The standard InChI is InChI=1S/C16H31N3O6SSi/c20-26(21,22)14-2-1-4-18-6-7-19(16-18)5-3-15-27-23-11-8-17(9-12-24-27)10-13-25-27/h16H,1-15H2/p+1. The summed E-state index contributed by atoms with van der Waals surface area (Å²) < 4.78 is 50.7. The molecule has 156 valence electrons. The molecule has 0 radical (unpaired) electrons. The van der Waals surface area contributed by atoms with Gasteiger partial charge in [0.15, 0.2) is 0 Å². The molecule has 0 aromatic heterocycles. The van der Waals surface area contributed by atoms with Crippen LogP contribution in [0.5, 0.6) is 0 Å². The minimum Gasteiger partial charge on any atom is -0.372 e. The number of nitrogens with zero attached hydrogens (tertiary/aromatic N) is 3. The number of fused-ring (bicyclic) bond motifs is 6. The summed E-state index contributed by atoms with van der Waals surface area (Å²) in [6, 6.07) is 0.853. The van der Waals surface area contributed by atoms with E-state index in [1.54, 1.807) is 0 Å². The molecule has 1 N–H and O–H groups in total. The number of hydrogen-bond donors (Lipinski definition) is 1. The summed E-state index contributed by atoms with van der Waals surface area (Å²) in [5, 5.41) is 0. The molecule has 0 spiro atoms. The maximum absolute atomic E-state index is 10.7. The molecule has 0 aromatic carbocycles. The fraction of sp³-hybridized carbons (Fsp3) is 0.938. The van der Waals surface area contributed by atoms with Gasteiger partial charge in [-0.1, -0.05) is 0 Å². The molecule has 11 heteroatoms. The van der Waals surface area contributed by atoms with Crippen LogP contribution in [-0.2, 0) is 23.4 Å². The van der Waals surface area contributed by atoms with Gasteiger partial charge >= 0.3 is 8.80 Å². The number of rotatable bonds is 9. The van der Waals surface area contributed by atoms with Crippen LogP contribution in [0.3, 0.4) is 0 Å². The molecule has 3 fully saturated rings. The van der Waals surface area contributed by atoms with Crippen molar-refractivity contribution in [2.75, 3.05) is 71.4 Å². The SMILES string of the molecule is O=S(=O)(O)CCCCN1C=[N+](CCC[Si]23OCCN(CCO2)CCO3)CC1. The Morgan fingerprint density at radius 3 is 2.30 bits per heavy atom. The van der Waals surface area contributed by atoms with E-state index in [1.807, 2.05) is 0 Å². The summed E-state index contributed by atoms with van der Waals surface area (Å²) in [4.78, 5) is 4.53. The van der Waals surface area contributed by atoms with E-state index >= 15 is 0 Å². The smallest absolute Gasteiger partial charge is 0.372 e.